The molecule has 19 heavy (non-hydrogen) atoms. The van der Waals surface area contributed by atoms with Gasteiger partial charge in [-0.1, -0.05) is 6.92 Å². The Morgan fingerprint density at radius 1 is 1.42 bits per heavy atom. The monoisotopic (exact) mass is 262 g/mol. The summed E-state index contributed by atoms with van der Waals surface area (Å²) in [5.41, 5.74) is 1.07. The van der Waals surface area contributed by atoms with Crippen molar-refractivity contribution in [3.05, 3.63) is 30.1 Å². The zero-order chi connectivity index (χ0) is 13.7. The molecule has 0 aromatic carbocycles. The summed E-state index contributed by atoms with van der Waals surface area (Å²) in [6, 6.07) is 2.59. The number of aromatic amines is 1. The molecule has 0 amide bonds. The fourth-order valence-electron chi connectivity index (χ4n) is 1.95. The third-order valence-electron chi connectivity index (χ3n) is 3.01. The van der Waals surface area contributed by atoms with Crippen LogP contribution in [0.25, 0.3) is 0 Å². The van der Waals surface area contributed by atoms with Crippen molar-refractivity contribution in [1.82, 2.24) is 30.3 Å². The molecule has 0 aliphatic carbocycles. The summed E-state index contributed by atoms with van der Waals surface area (Å²) < 4.78 is 1.98. The highest BCUT2D eigenvalue weighted by Gasteiger charge is 2.16. The second-order valence-corrected chi connectivity index (χ2v) is 4.96. The van der Waals surface area contributed by atoms with Gasteiger partial charge in [0.05, 0.1) is 11.7 Å². The molecule has 0 aliphatic heterocycles. The van der Waals surface area contributed by atoms with E-state index in [0.29, 0.717) is 6.04 Å². The molecule has 2 aromatic heterocycles. The molecular weight excluding hydrogens is 240 g/mol. The van der Waals surface area contributed by atoms with Crippen molar-refractivity contribution in [1.29, 1.82) is 0 Å². The Labute approximate surface area is 113 Å². The zero-order valence-corrected chi connectivity index (χ0v) is 11.8. The van der Waals surface area contributed by atoms with Crippen molar-refractivity contribution in [3.8, 4) is 0 Å². The summed E-state index contributed by atoms with van der Waals surface area (Å²) in [6.07, 6.45) is 5.47. The molecule has 0 saturated heterocycles. The van der Waals surface area contributed by atoms with E-state index in [1.807, 2.05) is 10.9 Å². The van der Waals surface area contributed by atoms with Gasteiger partial charge in [0, 0.05) is 18.7 Å². The molecule has 6 nitrogen and oxygen atoms in total. The van der Waals surface area contributed by atoms with E-state index < -0.39 is 0 Å². The molecule has 0 saturated carbocycles. The van der Waals surface area contributed by atoms with Crippen LogP contribution in [0.1, 0.15) is 50.8 Å². The van der Waals surface area contributed by atoms with Crippen molar-refractivity contribution in [2.24, 2.45) is 0 Å². The van der Waals surface area contributed by atoms with E-state index in [1.165, 1.54) is 0 Å². The molecule has 1 atom stereocenters. The Hall–Kier alpha value is -1.69. The zero-order valence-electron chi connectivity index (χ0n) is 11.8. The van der Waals surface area contributed by atoms with Crippen molar-refractivity contribution < 1.29 is 0 Å². The van der Waals surface area contributed by atoms with Crippen LogP contribution in [0, 0.1) is 0 Å². The van der Waals surface area contributed by atoms with Gasteiger partial charge in [-0.05, 0) is 32.9 Å². The summed E-state index contributed by atoms with van der Waals surface area (Å²) in [4.78, 5) is 4.24. The molecule has 2 N–H and O–H groups in total. The average Bonchev–Trinajstić information content (AvgIpc) is 3.05. The molecule has 1 unspecified atom stereocenters. The lowest BCUT2D eigenvalue weighted by Gasteiger charge is -2.14. The first kappa shape index (κ1) is 13.7. The highest BCUT2D eigenvalue weighted by molar-refractivity contribution is 5.06. The number of H-pyrrole nitrogens is 1. The number of nitrogens with zero attached hydrogens (tertiary/aromatic N) is 4. The van der Waals surface area contributed by atoms with Crippen LogP contribution >= 0.6 is 0 Å². The molecule has 6 heteroatoms. The molecule has 0 radical (unpaired) electrons. The standard InChI is InChI=1S/C13H22N6/c1-4-6-14-12(13-15-9-16-17-13)8-11-5-7-19(18-11)10(2)3/h5,7,9-10,12,14H,4,6,8H2,1-3H3,(H,15,16,17). The molecule has 2 heterocycles. The Morgan fingerprint density at radius 3 is 2.84 bits per heavy atom. The summed E-state index contributed by atoms with van der Waals surface area (Å²) >= 11 is 0. The van der Waals surface area contributed by atoms with Gasteiger partial charge in [-0.15, -0.1) is 0 Å². The van der Waals surface area contributed by atoms with E-state index in [1.54, 1.807) is 6.33 Å². The predicted octanol–water partition coefficient (Wildman–Crippen LogP) is 1.87. The number of nitrogens with one attached hydrogen (secondary N) is 2. The molecule has 0 fully saturated rings. The van der Waals surface area contributed by atoms with Gasteiger partial charge in [-0.3, -0.25) is 9.78 Å². The average molecular weight is 262 g/mol. The van der Waals surface area contributed by atoms with Crippen LogP contribution in [0.4, 0.5) is 0 Å². The summed E-state index contributed by atoms with van der Waals surface area (Å²) in [7, 11) is 0. The molecule has 0 bridgehead atoms. The van der Waals surface area contributed by atoms with E-state index in [2.05, 4.69) is 52.4 Å². The first-order valence-electron chi connectivity index (χ1n) is 6.83. The van der Waals surface area contributed by atoms with E-state index in [-0.39, 0.29) is 6.04 Å². The third-order valence-corrected chi connectivity index (χ3v) is 3.01. The van der Waals surface area contributed by atoms with Gasteiger partial charge in [0.2, 0.25) is 0 Å². The topological polar surface area (TPSA) is 71.4 Å². The van der Waals surface area contributed by atoms with E-state index in [0.717, 1.165) is 30.9 Å². The number of aromatic nitrogens is 5. The molecule has 2 aromatic rings. The SMILES string of the molecule is CCCNC(Cc1ccn(C(C)C)n1)c1ncn[nH]1. The van der Waals surface area contributed by atoms with Crippen LogP contribution < -0.4 is 5.32 Å². The lowest BCUT2D eigenvalue weighted by molar-refractivity contribution is 0.486. The maximum absolute atomic E-state index is 4.58. The second kappa shape index (κ2) is 6.47. The molecule has 2 rings (SSSR count). The number of rotatable bonds is 7. The predicted molar refractivity (Wildman–Crippen MR) is 73.7 cm³/mol. The minimum atomic E-state index is 0.137. The Morgan fingerprint density at radius 2 is 2.26 bits per heavy atom. The lowest BCUT2D eigenvalue weighted by Crippen LogP contribution is -2.25. The second-order valence-electron chi connectivity index (χ2n) is 4.96. The number of hydrogen-bond donors (Lipinski definition) is 2. The minimum absolute atomic E-state index is 0.137. The maximum atomic E-state index is 4.58. The Balaban J connectivity index is 2.06. The van der Waals surface area contributed by atoms with Crippen molar-refractivity contribution in [2.75, 3.05) is 6.54 Å². The normalized spacial score (nSPS) is 13.1. The molecular formula is C13H22N6. The van der Waals surface area contributed by atoms with Crippen molar-refractivity contribution in [3.63, 3.8) is 0 Å². The van der Waals surface area contributed by atoms with Gasteiger partial charge in [0.15, 0.2) is 0 Å². The lowest BCUT2D eigenvalue weighted by atomic mass is 10.1. The van der Waals surface area contributed by atoms with Gasteiger partial charge >= 0.3 is 0 Å². The smallest absolute Gasteiger partial charge is 0.141 e. The van der Waals surface area contributed by atoms with E-state index in [9.17, 15) is 0 Å². The van der Waals surface area contributed by atoms with Gasteiger partial charge in [0.1, 0.15) is 12.2 Å². The van der Waals surface area contributed by atoms with Crippen LogP contribution in [0.3, 0.4) is 0 Å². The minimum Gasteiger partial charge on any atom is -0.307 e. The number of hydrogen-bond acceptors (Lipinski definition) is 4. The third kappa shape index (κ3) is 3.64. The summed E-state index contributed by atoms with van der Waals surface area (Å²) in [5.74, 6) is 0.868. The first-order valence-corrected chi connectivity index (χ1v) is 6.83. The highest BCUT2D eigenvalue weighted by Crippen LogP contribution is 2.14. The quantitative estimate of drug-likeness (QED) is 0.799. The van der Waals surface area contributed by atoms with Crippen LogP contribution in [0.15, 0.2) is 18.6 Å². The van der Waals surface area contributed by atoms with Crippen LogP contribution in [-0.4, -0.2) is 31.5 Å². The molecule has 104 valence electrons. The van der Waals surface area contributed by atoms with E-state index >= 15 is 0 Å². The highest BCUT2D eigenvalue weighted by atomic mass is 15.3. The van der Waals surface area contributed by atoms with E-state index in [4.69, 9.17) is 0 Å². The maximum Gasteiger partial charge on any atom is 0.141 e. The fraction of sp³-hybridized carbons (Fsp3) is 0.615. The van der Waals surface area contributed by atoms with Crippen molar-refractivity contribution >= 4 is 0 Å². The van der Waals surface area contributed by atoms with Crippen LogP contribution in [0.5, 0.6) is 0 Å². The largest absolute Gasteiger partial charge is 0.307 e. The molecule has 0 spiro atoms. The first-order chi connectivity index (χ1) is 9.20. The fourth-order valence-corrected chi connectivity index (χ4v) is 1.95. The van der Waals surface area contributed by atoms with Crippen LogP contribution in [-0.2, 0) is 6.42 Å². The Bertz CT molecular complexity index is 473. The van der Waals surface area contributed by atoms with Crippen molar-refractivity contribution in [2.45, 2.75) is 45.7 Å². The van der Waals surface area contributed by atoms with Gasteiger partial charge in [-0.2, -0.15) is 10.2 Å². The summed E-state index contributed by atoms with van der Waals surface area (Å²) in [6.45, 7) is 7.36. The van der Waals surface area contributed by atoms with Crippen LogP contribution in [0.2, 0.25) is 0 Å². The summed E-state index contributed by atoms with van der Waals surface area (Å²) in [5, 5.41) is 14.9. The Kier molecular flexibility index (Phi) is 4.68. The van der Waals surface area contributed by atoms with Gasteiger partial charge in [0.25, 0.3) is 0 Å². The molecule has 0 aliphatic rings. The van der Waals surface area contributed by atoms with Gasteiger partial charge < -0.3 is 5.32 Å². The van der Waals surface area contributed by atoms with Gasteiger partial charge in [-0.25, -0.2) is 4.98 Å².